The number of halogens is 3. The van der Waals surface area contributed by atoms with Gasteiger partial charge in [0.15, 0.2) is 6.61 Å². The molecule has 0 saturated carbocycles. The highest BCUT2D eigenvalue weighted by atomic mass is 19.4. The van der Waals surface area contributed by atoms with E-state index >= 15 is 0 Å². The van der Waals surface area contributed by atoms with E-state index in [1.165, 1.54) is 14.2 Å². The second-order valence-corrected chi connectivity index (χ2v) is 7.27. The van der Waals surface area contributed by atoms with Gasteiger partial charge in [-0.05, 0) is 41.5 Å². The van der Waals surface area contributed by atoms with Crippen LogP contribution in [0.1, 0.15) is 22.7 Å². The molecule has 0 aliphatic heterocycles. The summed E-state index contributed by atoms with van der Waals surface area (Å²) >= 11 is 0. The van der Waals surface area contributed by atoms with Gasteiger partial charge < -0.3 is 19.5 Å². The smallest absolute Gasteiger partial charge is 0.420 e. The van der Waals surface area contributed by atoms with Gasteiger partial charge in [-0.2, -0.15) is 13.2 Å². The number of hydrogen-bond donors (Lipinski definition) is 1. The van der Waals surface area contributed by atoms with Crippen molar-refractivity contribution in [1.29, 1.82) is 0 Å². The standard InChI is InChI=1S/C24H21F3N2O6/c1-33-18-8-3-15(4-9-18)23(16-5-10-19(34-2)11-6-16)28-22(30)14-35-21-12-7-17(29(31)32)13-20(21)24(25,26)27/h3-13,23H,14H2,1-2H3,(H,28,30). The molecular weight excluding hydrogens is 469 g/mol. The lowest BCUT2D eigenvalue weighted by molar-refractivity contribution is -0.385. The molecule has 184 valence electrons. The first-order valence-corrected chi connectivity index (χ1v) is 10.2. The van der Waals surface area contributed by atoms with Gasteiger partial charge in [0, 0.05) is 12.1 Å². The maximum Gasteiger partial charge on any atom is 0.420 e. The van der Waals surface area contributed by atoms with Crippen molar-refractivity contribution in [3.05, 3.63) is 93.5 Å². The third-order valence-corrected chi connectivity index (χ3v) is 5.04. The Bertz CT molecular complexity index is 1130. The van der Waals surface area contributed by atoms with Crippen molar-refractivity contribution in [3.63, 3.8) is 0 Å². The Labute approximate surface area is 198 Å². The molecule has 0 heterocycles. The molecule has 35 heavy (non-hydrogen) atoms. The number of amides is 1. The minimum Gasteiger partial charge on any atom is -0.497 e. The molecule has 0 atom stereocenters. The van der Waals surface area contributed by atoms with Crippen LogP contribution >= 0.6 is 0 Å². The molecule has 0 aliphatic carbocycles. The van der Waals surface area contributed by atoms with Crippen molar-refractivity contribution >= 4 is 11.6 Å². The lowest BCUT2D eigenvalue weighted by Gasteiger charge is -2.21. The Balaban J connectivity index is 1.82. The lowest BCUT2D eigenvalue weighted by atomic mass is 9.98. The first-order valence-electron chi connectivity index (χ1n) is 10.2. The molecule has 3 rings (SSSR count). The van der Waals surface area contributed by atoms with Gasteiger partial charge in [0.05, 0.1) is 25.2 Å². The summed E-state index contributed by atoms with van der Waals surface area (Å²) in [5, 5.41) is 13.6. The van der Waals surface area contributed by atoms with E-state index in [-0.39, 0.29) is 0 Å². The van der Waals surface area contributed by atoms with Crippen molar-refractivity contribution in [2.75, 3.05) is 20.8 Å². The number of nitrogens with zero attached hydrogens (tertiary/aromatic N) is 1. The third-order valence-electron chi connectivity index (χ3n) is 5.04. The number of rotatable bonds is 9. The quantitative estimate of drug-likeness (QED) is 0.338. The number of nitrogens with one attached hydrogen (secondary N) is 1. The zero-order chi connectivity index (χ0) is 25.6. The van der Waals surface area contributed by atoms with E-state index in [0.29, 0.717) is 28.7 Å². The number of nitro groups is 1. The van der Waals surface area contributed by atoms with Gasteiger partial charge in [0.1, 0.15) is 22.8 Å². The minimum absolute atomic E-state index is 0.366. The average Bonchev–Trinajstić information content (AvgIpc) is 2.85. The Kier molecular flexibility index (Phi) is 7.80. The molecule has 0 unspecified atom stereocenters. The Hall–Kier alpha value is -4.28. The summed E-state index contributed by atoms with van der Waals surface area (Å²) < 4.78 is 55.5. The largest absolute Gasteiger partial charge is 0.497 e. The predicted octanol–water partition coefficient (Wildman–Crippen LogP) is 4.92. The molecule has 0 saturated heterocycles. The summed E-state index contributed by atoms with van der Waals surface area (Å²) in [6.45, 7) is -0.746. The first-order chi connectivity index (χ1) is 16.6. The summed E-state index contributed by atoms with van der Waals surface area (Å²) in [5.41, 5.74) is -0.708. The van der Waals surface area contributed by atoms with Crippen molar-refractivity contribution in [2.45, 2.75) is 12.2 Å². The molecule has 0 spiro atoms. The molecule has 1 amide bonds. The van der Waals surface area contributed by atoms with Gasteiger partial charge >= 0.3 is 6.18 Å². The fourth-order valence-electron chi connectivity index (χ4n) is 3.28. The SMILES string of the molecule is COc1ccc(C(NC(=O)COc2ccc([N+](=O)[O-])cc2C(F)(F)F)c2ccc(OC)cc2)cc1. The van der Waals surface area contributed by atoms with Crippen LogP contribution in [-0.2, 0) is 11.0 Å². The molecule has 0 bridgehead atoms. The van der Waals surface area contributed by atoms with Crippen LogP contribution in [0.3, 0.4) is 0 Å². The van der Waals surface area contributed by atoms with E-state index in [2.05, 4.69) is 5.32 Å². The summed E-state index contributed by atoms with van der Waals surface area (Å²) in [7, 11) is 3.03. The number of carbonyl (C=O) groups is 1. The zero-order valence-corrected chi connectivity index (χ0v) is 18.7. The number of methoxy groups -OCH3 is 2. The number of benzene rings is 3. The second kappa shape index (κ2) is 10.8. The highest BCUT2D eigenvalue weighted by molar-refractivity contribution is 5.78. The number of ether oxygens (including phenoxy) is 3. The number of carbonyl (C=O) groups excluding carboxylic acids is 1. The number of non-ortho nitro benzene ring substituents is 1. The predicted molar refractivity (Wildman–Crippen MR) is 120 cm³/mol. The second-order valence-electron chi connectivity index (χ2n) is 7.27. The van der Waals surface area contributed by atoms with Crippen molar-refractivity contribution in [1.82, 2.24) is 5.32 Å². The van der Waals surface area contributed by atoms with Crippen LogP contribution in [-0.4, -0.2) is 31.7 Å². The Morgan fingerprint density at radius 2 is 1.46 bits per heavy atom. The number of nitro benzene ring substituents is 1. The molecule has 0 fully saturated rings. The maximum absolute atomic E-state index is 13.4. The van der Waals surface area contributed by atoms with Gasteiger partial charge in [-0.1, -0.05) is 24.3 Å². The third kappa shape index (κ3) is 6.40. The molecular formula is C24H21F3N2O6. The van der Waals surface area contributed by atoms with E-state index in [1.807, 2.05) is 0 Å². The van der Waals surface area contributed by atoms with Gasteiger partial charge in [-0.15, -0.1) is 0 Å². The van der Waals surface area contributed by atoms with Gasteiger partial charge in [-0.25, -0.2) is 0 Å². The van der Waals surface area contributed by atoms with E-state index in [0.717, 1.165) is 12.1 Å². The van der Waals surface area contributed by atoms with Crippen LogP contribution in [0.25, 0.3) is 0 Å². The highest BCUT2D eigenvalue weighted by Gasteiger charge is 2.36. The van der Waals surface area contributed by atoms with Crippen LogP contribution < -0.4 is 19.5 Å². The molecule has 1 N–H and O–H groups in total. The molecule has 0 radical (unpaired) electrons. The summed E-state index contributed by atoms with van der Waals surface area (Å²) in [6, 6.07) is 15.2. The maximum atomic E-state index is 13.4. The molecule has 11 heteroatoms. The van der Waals surface area contributed by atoms with E-state index in [1.54, 1.807) is 48.5 Å². The van der Waals surface area contributed by atoms with E-state index in [4.69, 9.17) is 14.2 Å². The normalized spacial score (nSPS) is 11.1. The molecule has 8 nitrogen and oxygen atoms in total. The van der Waals surface area contributed by atoms with Crippen molar-refractivity contribution in [3.8, 4) is 17.2 Å². The van der Waals surface area contributed by atoms with E-state index < -0.39 is 46.7 Å². The van der Waals surface area contributed by atoms with Gasteiger partial charge in [0.2, 0.25) is 0 Å². The topological polar surface area (TPSA) is 99.9 Å². The zero-order valence-electron chi connectivity index (χ0n) is 18.7. The fourth-order valence-corrected chi connectivity index (χ4v) is 3.28. The molecule has 0 aliphatic rings. The van der Waals surface area contributed by atoms with Crippen LogP contribution in [0.4, 0.5) is 18.9 Å². The highest BCUT2D eigenvalue weighted by Crippen LogP contribution is 2.38. The van der Waals surface area contributed by atoms with Crippen molar-refractivity contribution < 1.29 is 37.1 Å². The number of hydrogen-bond acceptors (Lipinski definition) is 6. The molecule has 3 aromatic rings. The van der Waals surface area contributed by atoms with Gasteiger partial charge in [0.25, 0.3) is 11.6 Å². The Morgan fingerprint density at radius 1 is 0.943 bits per heavy atom. The monoisotopic (exact) mass is 490 g/mol. The van der Waals surface area contributed by atoms with Crippen LogP contribution in [0, 0.1) is 10.1 Å². The summed E-state index contributed by atoms with van der Waals surface area (Å²) in [4.78, 5) is 22.6. The van der Waals surface area contributed by atoms with Crippen LogP contribution in [0.5, 0.6) is 17.2 Å². The summed E-state index contributed by atoms with van der Waals surface area (Å²) in [5.74, 6) is -0.179. The fraction of sp³-hybridized carbons (Fsp3) is 0.208. The average molecular weight is 490 g/mol. The molecule has 0 aromatic heterocycles. The summed E-state index contributed by atoms with van der Waals surface area (Å²) in [6.07, 6.45) is -4.91. The van der Waals surface area contributed by atoms with Crippen molar-refractivity contribution in [2.24, 2.45) is 0 Å². The lowest BCUT2D eigenvalue weighted by Crippen LogP contribution is -2.33. The Morgan fingerprint density at radius 3 is 1.89 bits per heavy atom. The van der Waals surface area contributed by atoms with Crippen LogP contribution in [0.15, 0.2) is 66.7 Å². The number of alkyl halides is 3. The molecule has 3 aromatic carbocycles. The first kappa shape index (κ1) is 25.3. The van der Waals surface area contributed by atoms with E-state index in [9.17, 15) is 28.1 Å². The van der Waals surface area contributed by atoms with Crippen LogP contribution in [0.2, 0.25) is 0 Å². The van der Waals surface area contributed by atoms with Gasteiger partial charge in [-0.3, -0.25) is 14.9 Å². The minimum atomic E-state index is -4.91.